The largest absolute Gasteiger partial charge is 0.477 e. The van der Waals surface area contributed by atoms with Crippen LogP contribution in [-0.4, -0.2) is 43.3 Å². The first-order valence-corrected chi connectivity index (χ1v) is 13.7. The zero-order valence-electron chi connectivity index (χ0n) is 21.7. The summed E-state index contributed by atoms with van der Waals surface area (Å²) in [4.78, 5) is 25.4. The molecule has 0 bridgehead atoms. The molecule has 1 aliphatic carbocycles. The summed E-state index contributed by atoms with van der Waals surface area (Å²) in [5.41, 5.74) is 3.73. The predicted molar refractivity (Wildman–Crippen MR) is 148 cm³/mol. The van der Waals surface area contributed by atoms with Crippen LogP contribution >= 0.6 is 11.6 Å². The Morgan fingerprint density at radius 2 is 2.02 bits per heavy atom. The monoisotopic (exact) mass is 562 g/mol. The topological polar surface area (TPSA) is 99.4 Å². The van der Waals surface area contributed by atoms with Gasteiger partial charge in [-0.3, -0.25) is 0 Å². The van der Waals surface area contributed by atoms with E-state index in [0.29, 0.717) is 40.1 Å². The van der Waals surface area contributed by atoms with Gasteiger partial charge in [-0.05, 0) is 67.5 Å². The molecule has 1 N–H and O–H groups in total. The summed E-state index contributed by atoms with van der Waals surface area (Å²) in [5.74, 6) is 0.269. The molecule has 6 rings (SSSR count). The van der Waals surface area contributed by atoms with E-state index >= 15 is 0 Å². The van der Waals surface area contributed by atoms with Crippen LogP contribution in [0.5, 0.6) is 5.88 Å². The second kappa shape index (κ2) is 11.3. The van der Waals surface area contributed by atoms with Crippen molar-refractivity contribution in [3.05, 3.63) is 88.2 Å². The molecule has 0 radical (unpaired) electrons. The predicted octanol–water partition coefficient (Wildman–Crippen LogP) is 6.11. The van der Waals surface area contributed by atoms with Crippen LogP contribution in [-0.2, 0) is 24.3 Å². The van der Waals surface area contributed by atoms with E-state index in [1.54, 1.807) is 24.3 Å². The van der Waals surface area contributed by atoms with E-state index in [0.717, 1.165) is 55.8 Å². The lowest BCUT2D eigenvalue weighted by molar-refractivity contribution is -0.0591. The number of allylic oxidation sites excluding steroid dienone is 2. The van der Waals surface area contributed by atoms with Crippen molar-refractivity contribution in [2.24, 2.45) is 5.92 Å². The van der Waals surface area contributed by atoms with Crippen molar-refractivity contribution in [1.29, 1.82) is 0 Å². The van der Waals surface area contributed by atoms with Gasteiger partial charge in [0.1, 0.15) is 23.8 Å². The summed E-state index contributed by atoms with van der Waals surface area (Å²) in [6, 6.07) is 13.4. The van der Waals surface area contributed by atoms with Gasteiger partial charge in [-0.15, -0.1) is 0 Å². The summed E-state index contributed by atoms with van der Waals surface area (Å²) in [5, 5.41) is 9.77. The average Bonchev–Trinajstić information content (AvgIpc) is 3.26. The van der Waals surface area contributed by atoms with Gasteiger partial charge >= 0.3 is 5.97 Å². The van der Waals surface area contributed by atoms with Crippen molar-refractivity contribution in [2.45, 2.75) is 51.4 Å². The molecule has 8 nitrogen and oxygen atoms in total. The number of nitrogens with zero attached hydrogens (tertiary/aromatic N) is 4. The van der Waals surface area contributed by atoms with Gasteiger partial charge in [0.15, 0.2) is 11.3 Å². The average molecular weight is 563 g/mol. The number of aromatic carboxylic acids is 1. The van der Waals surface area contributed by atoms with E-state index in [-0.39, 0.29) is 18.4 Å². The van der Waals surface area contributed by atoms with Gasteiger partial charge in [0.2, 0.25) is 5.88 Å². The van der Waals surface area contributed by atoms with Gasteiger partial charge < -0.3 is 19.1 Å². The number of pyridine rings is 2. The summed E-state index contributed by atoms with van der Waals surface area (Å²) in [7, 11) is 0. The van der Waals surface area contributed by atoms with Crippen LogP contribution in [0.4, 0.5) is 4.39 Å². The van der Waals surface area contributed by atoms with Crippen LogP contribution in [0.2, 0.25) is 5.02 Å². The summed E-state index contributed by atoms with van der Waals surface area (Å²) < 4.78 is 27.6. The highest BCUT2D eigenvalue weighted by Gasteiger charge is 2.25. The van der Waals surface area contributed by atoms with Gasteiger partial charge in [-0.25, -0.2) is 24.1 Å². The number of benzene rings is 1. The highest BCUT2D eigenvalue weighted by atomic mass is 35.5. The molecule has 1 fully saturated rings. The maximum Gasteiger partial charge on any atom is 0.354 e. The fourth-order valence-corrected chi connectivity index (χ4v) is 5.34. The van der Waals surface area contributed by atoms with Gasteiger partial charge in [-0.2, -0.15) is 0 Å². The molecular formula is C30H28ClFN4O4. The molecule has 2 unspecified atom stereocenters. The van der Waals surface area contributed by atoms with E-state index in [9.17, 15) is 14.3 Å². The quantitative estimate of drug-likeness (QED) is 0.263. The van der Waals surface area contributed by atoms with E-state index in [1.165, 1.54) is 12.1 Å². The maximum atomic E-state index is 14.1. The van der Waals surface area contributed by atoms with Crippen molar-refractivity contribution < 1.29 is 23.8 Å². The van der Waals surface area contributed by atoms with Crippen molar-refractivity contribution >= 4 is 34.3 Å². The van der Waals surface area contributed by atoms with Crippen molar-refractivity contribution in [2.75, 3.05) is 6.61 Å². The van der Waals surface area contributed by atoms with Crippen molar-refractivity contribution in [1.82, 2.24) is 19.5 Å². The Labute approximate surface area is 235 Å². The SMILES string of the molecule is O=C(O)c1ccc2nc(CC3CC=C(c4cccc(OCc5ccc(Cl)cc5F)n4)CC3)n(CC3CCO3)c2n1. The Kier molecular flexibility index (Phi) is 7.49. The zero-order chi connectivity index (χ0) is 27.6. The molecule has 1 aliphatic heterocycles. The van der Waals surface area contributed by atoms with Crippen LogP contribution in [0.1, 0.15) is 53.3 Å². The minimum atomic E-state index is -1.05. The normalized spacial score (nSPS) is 18.8. The van der Waals surface area contributed by atoms with E-state index in [1.807, 2.05) is 16.7 Å². The summed E-state index contributed by atoms with van der Waals surface area (Å²) in [6.07, 6.45) is 6.75. The molecule has 3 aromatic heterocycles. The Morgan fingerprint density at radius 1 is 1.15 bits per heavy atom. The van der Waals surface area contributed by atoms with Gasteiger partial charge in [0, 0.05) is 29.7 Å². The number of carboxylic acid groups (broad SMARTS) is 1. The molecule has 10 heteroatoms. The number of ether oxygens (including phenoxy) is 2. The number of hydrogen-bond donors (Lipinski definition) is 1. The Morgan fingerprint density at radius 3 is 2.75 bits per heavy atom. The van der Waals surface area contributed by atoms with Gasteiger partial charge in [-0.1, -0.05) is 29.8 Å². The third-order valence-corrected chi connectivity index (χ3v) is 7.74. The minimum Gasteiger partial charge on any atom is -0.477 e. The molecule has 40 heavy (non-hydrogen) atoms. The highest BCUT2D eigenvalue weighted by molar-refractivity contribution is 6.30. The van der Waals surface area contributed by atoms with Crippen LogP contribution in [0.25, 0.3) is 16.7 Å². The zero-order valence-corrected chi connectivity index (χ0v) is 22.5. The Bertz CT molecular complexity index is 1600. The molecule has 206 valence electrons. The number of carbonyl (C=O) groups is 1. The molecule has 0 amide bonds. The van der Waals surface area contributed by atoms with Crippen LogP contribution < -0.4 is 4.74 Å². The molecule has 2 atom stereocenters. The van der Waals surface area contributed by atoms with E-state index in [4.69, 9.17) is 26.1 Å². The van der Waals surface area contributed by atoms with Crippen LogP contribution in [0, 0.1) is 11.7 Å². The maximum absolute atomic E-state index is 14.1. The van der Waals surface area contributed by atoms with E-state index < -0.39 is 11.8 Å². The molecule has 0 spiro atoms. The lowest BCUT2D eigenvalue weighted by Gasteiger charge is -2.28. The molecular weight excluding hydrogens is 535 g/mol. The van der Waals surface area contributed by atoms with Gasteiger partial charge in [0.05, 0.1) is 18.3 Å². The fourth-order valence-electron chi connectivity index (χ4n) is 5.18. The number of rotatable bonds is 9. The Hall–Kier alpha value is -3.82. The molecule has 1 saturated heterocycles. The van der Waals surface area contributed by atoms with Crippen LogP contribution in [0.15, 0.2) is 54.6 Å². The number of carboxylic acids is 1. The molecule has 4 aromatic rings. The van der Waals surface area contributed by atoms with Crippen molar-refractivity contribution in [3.63, 3.8) is 0 Å². The standard InChI is InChI=1S/C30H28ClFN4O4/c31-21-9-8-20(23(32)15-21)17-40-28-3-1-2-24(34-28)19-6-4-18(5-7-19)14-27-33-25-10-11-26(30(37)38)35-29(25)36(27)16-22-12-13-39-22/h1-3,6,8-11,15,18,22H,4-5,7,12-14,16-17H2,(H,37,38). The number of hydrogen-bond acceptors (Lipinski definition) is 6. The summed E-state index contributed by atoms with van der Waals surface area (Å²) >= 11 is 5.84. The molecule has 0 saturated carbocycles. The van der Waals surface area contributed by atoms with Gasteiger partial charge in [0.25, 0.3) is 0 Å². The first-order valence-electron chi connectivity index (χ1n) is 13.4. The second-order valence-electron chi connectivity index (χ2n) is 10.2. The third-order valence-electron chi connectivity index (χ3n) is 7.50. The number of aromatic nitrogens is 4. The molecule has 1 aromatic carbocycles. The Balaban J connectivity index is 1.15. The smallest absolute Gasteiger partial charge is 0.354 e. The molecule has 2 aliphatic rings. The number of imidazole rings is 1. The third kappa shape index (κ3) is 5.71. The van der Waals surface area contributed by atoms with E-state index in [2.05, 4.69) is 16.0 Å². The first kappa shape index (κ1) is 26.4. The first-order chi connectivity index (χ1) is 19.4. The fraction of sp³-hybridized carbons (Fsp3) is 0.333. The molecule has 4 heterocycles. The number of fused-ring (bicyclic) bond motifs is 1. The lowest BCUT2D eigenvalue weighted by Crippen LogP contribution is -2.32. The highest BCUT2D eigenvalue weighted by Crippen LogP contribution is 2.33. The second-order valence-corrected chi connectivity index (χ2v) is 10.7. The minimum absolute atomic E-state index is 0.0111. The number of halogens is 2. The van der Waals surface area contributed by atoms with Crippen LogP contribution in [0.3, 0.4) is 0 Å². The summed E-state index contributed by atoms with van der Waals surface area (Å²) in [6.45, 7) is 1.43. The van der Waals surface area contributed by atoms with Crippen molar-refractivity contribution in [3.8, 4) is 5.88 Å². The lowest BCUT2D eigenvalue weighted by atomic mass is 9.86.